The van der Waals surface area contributed by atoms with Crippen LogP contribution < -0.4 is 10.6 Å². The Labute approximate surface area is 143 Å². The monoisotopic (exact) mass is 340 g/mol. The van der Waals surface area contributed by atoms with E-state index in [0.29, 0.717) is 0 Å². The van der Waals surface area contributed by atoms with Gasteiger partial charge < -0.3 is 0 Å². The summed E-state index contributed by atoms with van der Waals surface area (Å²) in [6.45, 7) is 0. The Hall–Kier alpha value is -0.700. The summed E-state index contributed by atoms with van der Waals surface area (Å²) in [7, 11) is 0.205. The predicted octanol–water partition coefficient (Wildman–Crippen LogP) is 5.32. The van der Waals surface area contributed by atoms with Crippen LogP contribution in [0.3, 0.4) is 0 Å². The minimum Gasteiger partial charge on any atom is -0.0721 e. The molecule has 4 rings (SSSR count). The van der Waals surface area contributed by atoms with E-state index in [1.54, 1.807) is 10.6 Å². The molecule has 23 heavy (non-hydrogen) atoms. The number of hydrogen-bond donors (Lipinski definition) is 0. The first-order chi connectivity index (χ1) is 11.4. The highest BCUT2D eigenvalue weighted by molar-refractivity contribution is 7.67. The Kier molecular flexibility index (Phi) is 5.13. The van der Waals surface area contributed by atoms with E-state index in [1.807, 2.05) is 0 Å². The van der Waals surface area contributed by atoms with Crippen LogP contribution >= 0.6 is 15.8 Å². The largest absolute Gasteiger partial charge is 0.0721 e. The van der Waals surface area contributed by atoms with Crippen molar-refractivity contribution in [2.24, 2.45) is 0 Å². The molecule has 2 fully saturated rings. The van der Waals surface area contributed by atoms with Crippen LogP contribution in [0.15, 0.2) is 60.7 Å². The van der Waals surface area contributed by atoms with Crippen LogP contribution in [0.4, 0.5) is 0 Å². The highest BCUT2D eigenvalue weighted by atomic mass is 31.1. The maximum Gasteiger partial charge on any atom is -0.0163 e. The molecular formula is C21H26P2. The fourth-order valence-corrected chi connectivity index (χ4v) is 10.8. The van der Waals surface area contributed by atoms with E-state index in [9.17, 15) is 0 Å². The van der Waals surface area contributed by atoms with Crippen molar-refractivity contribution in [2.45, 2.75) is 43.4 Å². The molecule has 2 saturated heterocycles. The maximum atomic E-state index is 2.39. The summed E-state index contributed by atoms with van der Waals surface area (Å²) < 4.78 is 0. The van der Waals surface area contributed by atoms with Crippen molar-refractivity contribution in [3.05, 3.63) is 60.7 Å². The van der Waals surface area contributed by atoms with Gasteiger partial charge in [-0.3, -0.25) is 0 Å². The van der Waals surface area contributed by atoms with Crippen LogP contribution in [0.1, 0.15) is 32.1 Å². The fraction of sp³-hybridized carbons (Fsp3) is 0.429. The van der Waals surface area contributed by atoms with Gasteiger partial charge in [-0.15, -0.1) is 0 Å². The zero-order valence-electron chi connectivity index (χ0n) is 13.8. The van der Waals surface area contributed by atoms with Gasteiger partial charge in [-0.25, -0.2) is 0 Å². The minimum absolute atomic E-state index is 0.103. The second kappa shape index (κ2) is 7.46. The number of hydrogen-bond acceptors (Lipinski definition) is 0. The zero-order valence-corrected chi connectivity index (χ0v) is 15.6. The molecule has 0 radical (unpaired) electrons. The average Bonchev–Trinajstić information content (AvgIpc) is 3.26. The molecule has 120 valence electrons. The number of benzene rings is 2. The van der Waals surface area contributed by atoms with E-state index in [1.165, 1.54) is 44.4 Å². The Bertz CT molecular complexity index is 555. The van der Waals surface area contributed by atoms with Gasteiger partial charge in [-0.05, 0) is 66.4 Å². The van der Waals surface area contributed by atoms with Crippen LogP contribution in [0.25, 0.3) is 0 Å². The van der Waals surface area contributed by atoms with Gasteiger partial charge in [0.1, 0.15) is 0 Å². The molecule has 0 aromatic heterocycles. The molecule has 0 saturated carbocycles. The summed E-state index contributed by atoms with van der Waals surface area (Å²) in [6, 6.07) is 22.8. The first-order valence-electron chi connectivity index (χ1n) is 9.05. The van der Waals surface area contributed by atoms with Gasteiger partial charge >= 0.3 is 0 Å². The summed E-state index contributed by atoms with van der Waals surface area (Å²) in [5, 5.41) is 3.32. The molecule has 0 bridgehead atoms. The zero-order chi connectivity index (χ0) is 15.5. The molecule has 2 aromatic rings. The topological polar surface area (TPSA) is 0 Å². The van der Waals surface area contributed by atoms with Crippen molar-refractivity contribution in [2.75, 3.05) is 12.3 Å². The molecule has 2 aliphatic heterocycles. The lowest BCUT2D eigenvalue weighted by Gasteiger charge is -2.27. The standard InChI is InChI=1S/C21H26P2/c1-3-9-18(10-4-1)22-15-7-13-20(22)17-21-14-8-16-23(21)19-11-5-2-6-12-19/h1-6,9-12,20-21H,7-8,13-17H2. The molecule has 0 amide bonds. The molecule has 4 unspecified atom stereocenters. The molecule has 0 spiro atoms. The van der Waals surface area contributed by atoms with E-state index in [0.717, 1.165) is 11.3 Å². The fourth-order valence-electron chi connectivity index (χ4n) is 4.39. The summed E-state index contributed by atoms with van der Waals surface area (Å²) in [6.07, 6.45) is 10.3. The first kappa shape index (κ1) is 15.8. The molecule has 4 atom stereocenters. The number of rotatable bonds is 4. The lowest BCUT2D eigenvalue weighted by molar-refractivity contribution is 0.659. The highest BCUT2D eigenvalue weighted by Crippen LogP contribution is 2.57. The lowest BCUT2D eigenvalue weighted by atomic mass is 10.1. The average molecular weight is 340 g/mol. The molecule has 0 nitrogen and oxygen atoms in total. The first-order valence-corrected chi connectivity index (χ1v) is 12.2. The molecule has 2 aromatic carbocycles. The van der Waals surface area contributed by atoms with Crippen LogP contribution in [-0.4, -0.2) is 23.6 Å². The van der Waals surface area contributed by atoms with Crippen LogP contribution in [-0.2, 0) is 0 Å². The quantitative estimate of drug-likeness (QED) is 0.661. The predicted molar refractivity (Wildman–Crippen MR) is 106 cm³/mol. The van der Waals surface area contributed by atoms with Crippen LogP contribution in [0, 0.1) is 0 Å². The lowest BCUT2D eigenvalue weighted by Crippen LogP contribution is -2.18. The Morgan fingerprint density at radius 3 is 1.52 bits per heavy atom. The van der Waals surface area contributed by atoms with Crippen molar-refractivity contribution in [3.63, 3.8) is 0 Å². The third-order valence-corrected chi connectivity index (χ3v) is 11.7. The molecule has 0 aliphatic carbocycles. The van der Waals surface area contributed by atoms with E-state index in [2.05, 4.69) is 60.7 Å². The van der Waals surface area contributed by atoms with Crippen molar-refractivity contribution in [3.8, 4) is 0 Å². The van der Waals surface area contributed by atoms with Gasteiger partial charge in [0.15, 0.2) is 0 Å². The highest BCUT2D eigenvalue weighted by Gasteiger charge is 2.35. The molecular weight excluding hydrogens is 314 g/mol. The second-order valence-corrected chi connectivity index (χ2v) is 12.2. The summed E-state index contributed by atoms with van der Waals surface area (Å²) in [5.41, 5.74) is 1.98. The summed E-state index contributed by atoms with van der Waals surface area (Å²) in [5.74, 6) is 0. The minimum atomic E-state index is 0.103. The summed E-state index contributed by atoms with van der Waals surface area (Å²) in [4.78, 5) is 0. The van der Waals surface area contributed by atoms with E-state index < -0.39 is 0 Å². The van der Waals surface area contributed by atoms with Gasteiger partial charge in [-0.2, -0.15) is 0 Å². The Morgan fingerprint density at radius 2 is 1.09 bits per heavy atom. The van der Waals surface area contributed by atoms with E-state index in [4.69, 9.17) is 0 Å². The van der Waals surface area contributed by atoms with Gasteiger partial charge in [0, 0.05) is 0 Å². The molecule has 2 aliphatic rings. The molecule has 0 N–H and O–H groups in total. The van der Waals surface area contributed by atoms with Crippen molar-refractivity contribution < 1.29 is 0 Å². The second-order valence-electron chi connectivity index (χ2n) is 6.89. The van der Waals surface area contributed by atoms with Gasteiger partial charge in [-0.1, -0.05) is 76.5 Å². The Balaban J connectivity index is 1.48. The summed E-state index contributed by atoms with van der Waals surface area (Å²) >= 11 is 0. The molecule has 2 heteroatoms. The van der Waals surface area contributed by atoms with Crippen molar-refractivity contribution in [1.29, 1.82) is 0 Å². The van der Waals surface area contributed by atoms with Crippen LogP contribution in [0.2, 0.25) is 0 Å². The maximum absolute atomic E-state index is 2.39. The third kappa shape index (κ3) is 3.55. The Morgan fingerprint density at radius 1 is 0.652 bits per heavy atom. The van der Waals surface area contributed by atoms with Gasteiger partial charge in [0.25, 0.3) is 0 Å². The SMILES string of the molecule is c1ccc(P2CCCC2CC2CCCP2c2ccccc2)cc1. The van der Waals surface area contributed by atoms with Gasteiger partial charge in [0.2, 0.25) is 0 Å². The smallest absolute Gasteiger partial charge is 0.0163 e. The van der Waals surface area contributed by atoms with Crippen molar-refractivity contribution >= 4 is 26.5 Å². The van der Waals surface area contributed by atoms with Crippen molar-refractivity contribution in [1.82, 2.24) is 0 Å². The van der Waals surface area contributed by atoms with Crippen LogP contribution in [0.5, 0.6) is 0 Å². The molecule has 2 heterocycles. The van der Waals surface area contributed by atoms with E-state index in [-0.39, 0.29) is 15.8 Å². The van der Waals surface area contributed by atoms with Gasteiger partial charge in [0.05, 0.1) is 0 Å². The normalized spacial score (nSPS) is 30.6. The van der Waals surface area contributed by atoms with E-state index >= 15 is 0 Å². The third-order valence-electron chi connectivity index (χ3n) is 5.47.